The lowest BCUT2D eigenvalue weighted by Gasteiger charge is -2.11. The van der Waals surface area contributed by atoms with E-state index < -0.39 is 0 Å². The number of carbonyl (C=O) groups is 1. The molecular formula is C23H22FN3O. The van der Waals surface area contributed by atoms with E-state index in [0.29, 0.717) is 6.54 Å². The highest BCUT2D eigenvalue weighted by molar-refractivity contribution is 5.87. The molecule has 4 rings (SSSR count). The van der Waals surface area contributed by atoms with Crippen molar-refractivity contribution in [1.82, 2.24) is 15.1 Å². The third kappa shape index (κ3) is 4.19. The molecule has 1 N–H and O–H groups in total. The molecule has 1 heterocycles. The van der Waals surface area contributed by atoms with E-state index in [1.54, 1.807) is 12.1 Å². The molecule has 1 amide bonds. The zero-order valence-corrected chi connectivity index (χ0v) is 15.6. The number of nitrogens with one attached hydrogen (secondary N) is 1. The van der Waals surface area contributed by atoms with E-state index in [1.165, 1.54) is 31.1 Å². The first-order chi connectivity index (χ1) is 13.6. The normalized spacial score (nSPS) is 13.3. The van der Waals surface area contributed by atoms with Crippen LogP contribution in [0.3, 0.4) is 0 Å². The van der Waals surface area contributed by atoms with Crippen molar-refractivity contribution in [3.05, 3.63) is 78.8 Å². The molecule has 0 unspecified atom stereocenters. The van der Waals surface area contributed by atoms with Crippen LogP contribution in [0.4, 0.5) is 4.39 Å². The summed E-state index contributed by atoms with van der Waals surface area (Å²) in [6.45, 7) is 4.83. The average molecular weight is 375 g/mol. The molecule has 0 aliphatic heterocycles. The fourth-order valence-electron chi connectivity index (χ4n) is 3.22. The van der Waals surface area contributed by atoms with E-state index in [-0.39, 0.29) is 11.7 Å². The Bertz CT molecular complexity index is 1000. The largest absolute Gasteiger partial charge is 0.348 e. The van der Waals surface area contributed by atoms with E-state index in [1.807, 2.05) is 35.1 Å². The molecule has 0 saturated heterocycles. The maximum atomic E-state index is 13.3. The Hall–Kier alpha value is -3.21. The first-order valence-electron chi connectivity index (χ1n) is 9.45. The fraction of sp³-hybridized carbons (Fsp3) is 0.217. The molecule has 4 nitrogen and oxygen atoms in total. The highest BCUT2D eigenvalue weighted by Crippen LogP contribution is 2.32. The Morgan fingerprint density at radius 3 is 2.64 bits per heavy atom. The molecule has 1 aliphatic rings. The van der Waals surface area contributed by atoms with Gasteiger partial charge in [0, 0.05) is 24.8 Å². The third-order valence-electron chi connectivity index (χ3n) is 4.98. The summed E-state index contributed by atoms with van der Waals surface area (Å²) in [6.07, 6.45) is 5.81. The molecule has 5 heteroatoms. The van der Waals surface area contributed by atoms with Crippen molar-refractivity contribution < 1.29 is 9.18 Å². The van der Waals surface area contributed by atoms with Crippen LogP contribution in [0.15, 0.2) is 67.4 Å². The summed E-state index contributed by atoms with van der Waals surface area (Å²) in [6, 6.07) is 14.5. The molecule has 142 valence electrons. The number of nitrogens with zero attached hydrogens (tertiary/aromatic N) is 2. The lowest BCUT2D eigenvalue weighted by atomic mass is 9.97. The van der Waals surface area contributed by atoms with Gasteiger partial charge in [-0.2, -0.15) is 5.10 Å². The van der Waals surface area contributed by atoms with E-state index in [0.717, 1.165) is 40.4 Å². The molecule has 0 spiro atoms. The van der Waals surface area contributed by atoms with Crippen molar-refractivity contribution in [2.75, 3.05) is 0 Å². The van der Waals surface area contributed by atoms with Gasteiger partial charge in [-0.05, 0) is 65.8 Å². The third-order valence-corrected chi connectivity index (χ3v) is 4.98. The first-order valence-corrected chi connectivity index (χ1v) is 9.45. The molecule has 1 saturated carbocycles. The molecular weight excluding hydrogens is 353 g/mol. The predicted octanol–water partition coefficient (Wildman–Crippen LogP) is 4.57. The van der Waals surface area contributed by atoms with Crippen LogP contribution in [0.25, 0.3) is 22.4 Å². The number of hydrogen-bond acceptors (Lipinski definition) is 2. The Morgan fingerprint density at radius 2 is 1.93 bits per heavy atom. The minimum Gasteiger partial charge on any atom is -0.348 e. The van der Waals surface area contributed by atoms with Gasteiger partial charge in [-0.15, -0.1) is 0 Å². The van der Waals surface area contributed by atoms with E-state index in [9.17, 15) is 9.18 Å². The SMILES string of the molecule is C=CC(=O)NCc1ccc(-c2ccc(F)cc2)cc1-c1ccn(CC2CC2)n1. The number of rotatable bonds is 7. The summed E-state index contributed by atoms with van der Waals surface area (Å²) < 4.78 is 15.3. The van der Waals surface area contributed by atoms with Gasteiger partial charge in [0.15, 0.2) is 0 Å². The Morgan fingerprint density at radius 1 is 1.18 bits per heavy atom. The van der Waals surface area contributed by atoms with Crippen molar-refractivity contribution in [1.29, 1.82) is 0 Å². The lowest BCUT2D eigenvalue weighted by Crippen LogP contribution is -2.20. The summed E-state index contributed by atoms with van der Waals surface area (Å²) in [4.78, 5) is 11.6. The summed E-state index contributed by atoms with van der Waals surface area (Å²) in [7, 11) is 0. The molecule has 3 aromatic rings. The van der Waals surface area contributed by atoms with Gasteiger partial charge < -0.3 is 5.32 Å². The van der Waals surface area contributed by atoms with E-state index >= 15 is 0 Å². The van der Waals surface area contributed by atoms with Crippen LogP contribution >= 0.6 is 0 Å². The highest BCUT2D eigenvalue weighted by Gasteiger charge is 2.22. The van der Waals surface area contributed by atoms with Crippen molar-refractivity contribution in [2.24, 2.45) is 5.92 Å². The first kappa shape index (κ1) is 18.2. The maximum absolute atomic E-state index is 13.3. The zero-order chi connectivity index (χ0) is 19.5. The smallest absolute Gasteiger partial charge is 0.243 e. The topological polar surface area (TPSA) is 46.9 Å². The number of aromatic nitrogens is 2. The molecule has 1 aliphatic carbocycles. The van der Waals surface area contributed by atoms with Crippen LogP contribution < -0.4 is 5.32 Å². The van der Waals surface area contributed by atoms with Crippen molar-refractivity contribution in [2.45, 2.75) is 25.9 Å². The number of amides is 1. The van der Waals surface area contributed by atoms with E-state index in [2.05, 4.69) is 11.9 Å². The summed E-state index contributed by atoms with van der Waals surface area (Å²) in [5, 5.41) is 7.57. The monoisotopic (exact) mass is 375 g/mol. The Kier molecular flexibility index (Phi) is 5.06. The second-order valence-corrected chi connectivity index (χ2v) is 7.17. The number of benzene rings is 2. The summed E-state index contributed by atoms with van der Waals surface area (Å²) in [5.74, 6) is 0.268. The molecule has 0 bridgehead atoms. The van der Waals surface area contributed by atoms with Gasteiger partial charge in [0.2, 0.25) is 5.91 Å². The van der Waals surface area contributed by atoms with Gasteiger partial charge in [0.25, 0.3) is 0 Å². The van der Waals surface area contributed by atoms with Crippen LogP contribution in [-0.2, 0) is 17.9 Å². The van der Waals surface area contributed by atoms with Gasteiger partial charge >= 0.3 is 0 Å². The van der Waals surface area contributed by atoms with Gasteiger partial charge in [-0.1, -0.05) is 30.8 Å². The second kappa shape index (κ2) is 7.80. The van der Waals surface area contributed by atoms with Crippen LogP contribution in [0.1, 0.15) is 18.4 Å². The second-order valence-electron chi connectivity index (χ2n) is 7.17. The Labute approximate surface area is 163 Å². The van der Waals surface area contributed by atoms with Gasteiger partial charge in [-0.25, -0.2) is 4.39 Å². The van der Waals surface area contributed by atoms with Gasteiger partial charge in [-0.3, -0.25) is 9.48 Å². The molecule has 0 atom stereocenters. The highest BCUT2D eigenvalue weighted by atomic mass is 19.1. The van der Waals surface area contributed by atoms with Crippen molar-refractivity contribution >= 4 is 5.91 Å². The standard InChI is InChI=1S/C23H22FN3O/c1-2-23(28)25-14-19-6-5-18(17-7-9-20(24)10-8-17)13-21(19)22-11-12-27(26-22)15-16-3-4-16/h2,5-13,16H,1,3-4,14-15H2,(H,25,28). The number of carbonyl (C=O) groups excluding carboxylic acids is 1. The molecule has 0 radical (unpaired) electrons. The molecule has 1 fully saturated rings. The van der Waals surface area contributed by atoms with Gasteiger partial charge in [0.05, 0.1) is 5.69 Å². The summed E-state index contributed by atoms with van der Waals surface area (Å²) in [5.41, 5.74) is 4.71. The quantitative estimate of drug-likeness (QED) is 0.615. The summed E-state index contributed by atoms with van der Waals surface area (Å²) >= 11 is 0. The molecule has 28 heavy (non-hydrogen) atoms. The molecule has 2 aromatic carbocycles. The van der Waals surface area contributed by atoms with Crippen LogP contribution in [-0.4, -0.2) is 15.7 Å². The fourth-order valence-corrected chi connectivity index (χ4v) is 3.22. The van der Waals surface area contributed by atoms with Crippen LogP contribution in [0.2, 0.25) is 0 Å². The van der Waals surface area contributed by atoms with Crippen LogP contribution in [0.5, 0.6) is 0 Å². The lowest BCUT2D eigenvalue weighted by molar-refractivity contribution is -0.116. The maximum Gasteiger partial charge on any atom is 0.243 e. The van der Waals surface area contributed by atoms with E-state index in [4.69, 9.17) is 5.10 Å². The predicted molar refractivity (Wildman–Crippen MR) is 108 cm³/mol. The molecule has 1 aromatic heterocycles. The van der Waals surface area contributed by atoms with Crippen molar-refractivity contribution in [3.8, 4) is 22.4 Å². The number of hydrogen-bond donors (Lipinski definition) is 1. The Balaban J connectivity index is 1.68. The number of halogens is 1. The average Bonchev–Trinajstić information content (AvgIpc) is 3.41. The minimum absolute atomic E-state index is 0.215. The minimum atomic E-state index is -0.258. The van der Waals surface area contributed by atoms with Gasteiger partial charge in [0.1, 0.15) is 5.82 Å². The van der Waals surface area contributed by atoms with Crippen molar-refractivity contribution in [3.63, 3.8) is 0 Å². The zero-order valence-electron chi connectivity index (χ0n) is 15.6. The van der Waals surface area contributed by atoms with Crippen LogP contribution in [0, 0.1) is 11.7 Å².